The lowest BCUT2D eigenvalue weighted by atomic mass is 10.1. The third kappa shape index (κ3) is 5.01. The van der Waals surface area contributed by atoms with Crippen LogP contribution in [0.4, 0.5) is 5.13 Å². The van der Waals surface area contributed by atoms with Crippen molar-refractivity contribution in [2.75, 3.05) is 44.3 Å². The van der Waals surface area contributed by atoms with E-state index in [1.54, 1.807) is 0 Å². The van der Waals surface area contributed by atoms with E-state index in [0.29, 0.717) is 18.0 Å². The number of carbonyl (C=O) groups is 1. The molecule has 0 unspecified atom stereocenters. The van der Waals surface area contributed by atoms with Gasteiger partial charge in [0.15, 0.2) is 5.13 Å². The van der Waals surface area contributed by atoms with Gasteiger partial charge in [-0.25, -0.2) is 4.98 Å². The minimum atomic E-state index is 0.0657. The van der Waals surface area contributed by atoms with Crippen LogP contribution in [-0.2, 0) is 16.0 Å². The van der Waals surface area contributed by atoms with Crippen LogP contribution in [0.5, 0.6) is 0 Å². The van der Waals surface area contributed by atoms with E-state index < -0.39 is 0 Å². The van der Waals surface area contributed by atoms with Gasteiger partial charge in [0.05, 0.1) is 34.9 Å². The average molecular weight is 444 g/mol. The number of hydrogen-bond acceptors (Lipinski definition) is 5. The highest BCUT2D eigenvalue weighted by molar-refractivity contribution is 7.23. The van der Waals surface area contributed by atoms with Gasteiger partial charge in [-0.15, -0.1) is 0 Å². The van der Waals surface area contributed by atoms with Gasteiger partial charge in [-0.05, 0) is 30.5 Å². The summed E-state index contributed by atoms with van der Waals surface area (Å²) < 4.78 is 6.37. The van der Waals surface area contributed by atoms with E-state index in [9.17, 15) is 4.79 Å². The van der Waals surface area contributed by atoms with Crippen LogP contribution in [0.15, 0.2) is 42.5 Å². The molecule has 1 aliphatic rings. The van der Waals surface area contributed by atoms with Crippen molar-refractivity contribution in [3.8, 4) is 0 Å². The number of halogens is 1. The number of morpholine rings is 1. The molecule has 0 saturated carbocycles. The summed E-state index contributed by atoms with van der Waals surface area (Å²) in [6, 6.07) is 13.7. The van der Waals surface area contributed by atoms with E-state index in [1.807, 2.05) is 54.3 Å². The van der Waals surface area contributed by atoms with Gasteiger partial charge in [0.25, 0.3) is 0 Å². The number of fused-ring (bicyclic) bond motifs is 1. The summed E-state index contributed by atoms with van der Waals surface area (Å²) in [4.78, 5) is 22.3. The van der Waals surface area contributed by atoms with Crippen molar-refractivity contribution in [1.29, 1.82) is 0 Å². The zero-order valence-electron chi connectivity index (χ0n) is 17.1. The number of nitrogens with zero attached hydrogens (tertiary/aromatic N) is 3. The van der Waals surface area contributed by atoms with Crippen LogP contribution in [0.25, 0.3) is 10.2 Å². The Labute approximate surface area is 186 Å². The number of aromatic nitrogens is 1. The fourth-order valence-corrected chi connectivity index (χ4v) is 5.04. The van der Waals surface area contributed by atoms with Gasteiger partial charge in [-0.1, -0.05) is 59.3 Å². The van der Waals surface area contributed by atoms with Crippen LogP contribution >= 0.6 is 22.9 Å². The van der Waals surface area contributed by atoms with Crippen molar-refractivity contribution in [2.24, 2.45) is 0 Å². The third-order valence-electron chi connectivity index (χ3n) is 5.38. The van der Waals surface area contributed by atoms with Crippen molar-refractivity contribution < 1.29 is 9.53 Å². The number of anilines is 1. The van der Waals surface area contributed by atoms with Gasteiger partial charge >= 0.3 is 0 Å². The number of aryl methyl sites for hydroxylation is 1. The van der Waals surface area contributed by atoms with Crippen molar-refractivity contribution >= 4 is 44.2 Å². The van der Waals surface area contributed by atoms with E-state index in [2.05, 4.69) is 4.90 Å². The van der Waals surface area contributed by atoms with E-state index in [1.165, 1.54) is 11.3 Å². The Hall–Kier alpha value is -1.99. The minimum absolute atomic E-state index is 0.0657. The predicted molar refractivity (Wildman–Crippen MR) is 124 cm³/mol. The maximum atomic E-state index is 13.3. The predicted octanol–water partition coefficient (Wildman–Crippen LogP) is 4.56. The lowest BCUT2D eigenvalue weighted by Crippen LogP contribution is -2.39. The highest BCUT2D eigenvalue weighted by atomic mass is 35.5. The first-order chi connectivity index (χ1) is 14.6. The van der Waals surface area contributed by atoms with E-state index >= 15 is 0 Å². The molecule has 1 saturated heterocycles. The molecular formula is C23H26ClN3O2S. The van der Waals surface area contributed by atoms with Gasteiger partial charge in [-0.2, -0.15) is 0 Å². The molecule has 0 spiro atoms. The number of hydrogen-bond donors (Lipinski definition) is 0. The van der Waals surface area contributed by atoms with Gasteiger partial charge in [0, 0.05) is 26.2 Å². The normalized spacial score (nSPS) is 14.9. The molecule has 5 nitrogen and oxygen atoms in total. The Bertz CT molecular complexity index is 963. The Kier molecular flexibility index (Phi) is 7.00. The van der Waals surface area contributed by atoms with Crippen LogP contribution in [0.2, 0.25) is 5.02 Å². The fourth-order valence-electron chi connectivity index (χ4n) is 3.68. The summed E-state index contributed by atoms with van der Waals surface area (Å²) in [6.45, 7) is 7.08. The standard InChI is InChI=1S/C23H26ClN3O2S/c1-17-8-9-19(24)22-21(17)25-23(30-22)27(11-5-10-26-12-14-29-15-13-26)20(28)16-18-6-3-2-4-7-18/h2-4,6-9H,5,10-16H2,1H3. The SMILES string of the molecule is Cc1ccc(Cl)c2sc(N(CCCN3CCOCC3)C(=O)Cc3ccccc3)nc12. The first-order valence-electron chi connectivity index (χ1n) is 10.3. The third-order valence-corrected chi connectivity index (χ3v) is 6.91. The van der Waals surface area contributed by atoms with E-state index in [-0.39, 0.29) is 5.91 Å². The van der Waals surface area contributed by atoms with Crippen LogP contribution < -0.4 is 4.90 Å². The Morgan fingerprint density at radius 1 is 1.20 bits per heavy atom. The van der Waals surface area contributed by atoms with Crippen molar-refractivity contribution in [3.63, 3.8) is 0 Å². The molecule has 1 aliphatic heterocycles. The summed E-state index contributed by atoms with van der Waals surface area (Å²) in [5.74, 6) is 0.0657. The minimum Gasteiger partial charge on any atom is -0.379 e. The van der Waals surface area contributed by atoms with E-state index in [0.717, 1.165) is 65.7 Å². The molecule has 1 fully saturated rings. The molecular weight excluding hydrogens is 418 g/mol. The molecule has 0 aliphatic carbocycles. The maximum Gasteiger partial charge on any atom is 0.233 e. The van der Waals surface area contributed by atoms with Crippen LogP contribution in [0.3, 0.4) is 0 Å². The number of rotatable bonds is 7. The zero-order chi connectivity index (χ0) is 20.9. The molecule has 30 heavy (non-hydrogen) atoms. The zero-order valence-corrected chi connectivity index (χ0v) is 18.7. The summed E-state index contributed by atoms with van der Waals surface area (Å²) in [6.07, 6.45) is 1.25. The smallest absolute Gasteiger partial charge is 0.233 e. The molecule has 0 bridgehead atoms. The monoisotopic (exact) mass is 443 g/mol. The summed E-state index contributed by atoms with van der Waals surface area (Å²) in [5.41, 5.74) is 2.96. The molecule has 0 atom stereocenters. The number of benzene rings is 2. The lowest BCUT2D eigenvalue weighted by Gasteiger charge is -2.27. The molecule has 0 N–H and O–H groups in total. The Morgan fingerprint density at radius 2 is 1.97 bits per heavy atom. The molecule has 2 aromatic carbocycles. The number of amides is 1. The molecule has 158 valence electrons. The molecule has 4 rings (SSSR count). The van der Waals surface area contributed by atoms with E-state index in [4.69, 9.17) is 21.3 Å². The second-order valence-corrected chi connectivity index (χ2v) is 8.94. The van der Waals surface area contributed by atoms with Gasteiger partial charge in [0.2, 0.25) is 5.91 Å². The van der Waals surface area contributed by atoms with Gasteiger partial charge < -0.3 is 4.74 Å². The number of carbonyl (C=O) groups excluding carboxylic acids is 1. The van der Waals surface area contributed by atoms with Crippen LogP contribution in [0, 0.1) is 6.92 Å². The molecule has 1 amide bonds. The average Bonchev–Trinajstić information content (AvgIpc) is 3.22. The van der Waals surface area contributed by atoms with Gasteiger partial charge in [0.1, 0.15) is 0 Å². The van der Waals surface area contributed by atoms with Crippen LogP contribution in [0.1, 0.15) is 17.5 Å². The lowest BCUT2D eigenvalue weighted by molar-refractivity contribution is -0.118. The number of ether oxygens (including phenoxy) is 1. The van der Waals surface area contributed by atoms with Crippen molar-refractivity contribution in [1.82, 2.24) is 9.88 Å². The molecule has 3 aromatic rings. The van der Waals surface area contributed by atoms with Crippen molar-refractivity contribution in [3.05, 3.63) is 58.6 Å². The summed E-state index contributed by atoms with van der Waals surface area (Å²) in [5, 5.41) is 1.41. The largest absolute Gasteiger partial charge is 0.379 e. The second-order valence-electron chi connectivity index (χ2n) is 7.55. The topological polar surface area (TPSA) is 45.7 Å². The Balaban J connectivity index is 1.55. The molecule has 2 heterocycles. The fraction of sp³-hybridized carbons (Fsp3) is 0.391. The first kappa shape index (κ1) is 21.2. The highest BCUT2D eigenvalue weighted by Gasteiger charge is 2.22. The quantitative estimate of drug-likeness (QED) is 0.537. The summed E-state index contributed by atoms with van der Waals surface area (Å²) >= 11 is 7.91. The van der Waals surface area contributed by atoms with Crippen LogP contribution in [-0.4, -0.2) is 55.2 Å². The number of thiazole rings is 1. The summed E-state index contributed by atoms with van der Waals surface area (Å²) in [7, 11) is 0. The van der Waals surface area contributed by atoms with Gasteiger partial charge in [-0.3, -0.25) is 14.6 Å². The maximum absolute atomic E-state index is 13.3. The van der Waals surface area contributed by atoms with Crippen molar-refractivity contribution in [2.45, 2.75) is 19.8 Å². The first-order valence-corrected chi connectivity index (χ1v) is 11.5. The molecule has 0 radical (unpaired) electrons. The second kappa shape index (κ2) is 9.88. The Morgan fingerprint density at radius 3 is 2.70 bits per heavy atom. The highest BCUT2D eigenvalue weighted by Crippen LogP contribution is 2.36. The molecule has 7 heteroatoms. The molecule has 1 aromatic heterocycles.